The quantitative estimate of drug-likeness (QED) is 0.593. The van der Waals surface area contributed by atoms with Crippen LogP contribution in [0.5, 0.6) is 0 Å². The third-order valence-corrected chi connectivity index (χ3v) is 7.79. The number of hydrogen-bond acceptors (Lipinski definition) is 4. The van der Waals surface area contributed by atoms with Crippen molar-refractivity contribution in [3.8, 4) is 18.2 Å². The van der Waals surface area contributed by atoms with Crippen molar-refractivity contribution in [1.82, 2.24) is 0 Å². The van der Waals surface area contributed by atoms with Crippen molar-refractivity contribution in [2.75, 3.05) is 26.2 Å². The standard InChI is InChI=1S/C22H30N6/c1-15(2)27-9-6-21(7-10-27)19-12-28(16(3)4)8-5-17(19)18(11-23)20(26)22(21,13-24)14-25/h5,15-16,18-19,26H,6-10,12H2,1-4H3/p+2/t18-,19-/m0/s1. The lowest BCUT2D eigenvalue weighted by molar-refractivity contribution is -0.932. The lowest BCUT2D eigenvalue weighted by Crippen LogP contribution is -3.17. The van der Waals surface area contributed by atoms with Gasteiger partial charge >= 0.3 is 0 Å². The van der Waals surface area contributed by atoms with Gasteiger partial charge in [0.1, 0.15) is 5.92 Å². The molecule has 2 fully saturated rings. The molecular formula is C22H32N6+2. The van der Waals surface area contributed by atoms with Gasteiger partial charge < -0.3 is 15.2 Å². The van der Waals surface area contributed by atoms with Crippen LogP contribution in [0.3, 0.4) is 0 Å². The minimum absolute atomic E-state index is 0.0171. The van der Waals surface area contributed by atoms with E-state index in [9.17, 15) is 15.8 Å². The summed E-state index contributed by atoms with van der Waals surface area (Å²) in [6, 6.07) is 7.77. The number of likely N-dealkylation sites (tertiary alicyclic amines) is 1. The summed E-state index contributed by atoms with van der Waals surface area (Å²) in [4.78, 5) is 2.93. The molecule has 3 aliphatic rings. The summed E-state index contributed by atoms with van der Waals surface area (Å²) in [6.45, 7) is 12.3. The topological polar surface area (TPSA) is 104 Å². The first-order valence-corrected chi connectivity index (χ1v) is 10.5. The average Bonchev–Trinajstić information content (AvgIpc) is 2.69. The second kappa shape index (κ2) is 7.32. The summed E-state index contributed by atoms with van der Waals surface area (Å²) < 4.78 is 0. The van der Waals surface area contributed by atoms with E-state index in [1.165, 1.54) is 9.80 Å². The molecule has 28 heavy (non-hydrogen) atoms. The Labute approximate surface area is 168 Å². The molecule has 2 heterocycles. The Hall–Kier alpha value is -2.20. The van der Waals surface area contributed by atoms with Crippen molar-refractivity contribution < 1.29 is 9.80 Å². The maximum atomic E-state index is 10.2. The molecule has 3 N–H and O–H groups in total. The molecule has 3 rings (SSSR count). The highest BCUT2D eigenvalue weighted by Gasteiger charge is 2.68. The smallest absolute Gasteiger partial charge is 0.189 e. The van der Waals surface area contributed by atoms with Crippen LogP contribution in [0, 0.1) is 62.1 Å². The molecule has 6 heteroatoms. The summed E-state index contributed by atoms with van der Waals surface area (Å²) in [5, 5.41) is 39.1. The van der Waals surface area contributed by atoms with Gasteiger partial charge in [-0.1, -0.05) is 0 Å². The molecule has 0 aromatic rings. The number of nitrogens with one attached hydrogen (secondary N) is 3. The highest BCUT2D eigenvalue weighted by Crippen LogP contribution is 2.59. The van der Waals surface area contributed by atoms with Gasteiger partial charge in [0.2, 0.25) is 0 Å². The third kappa shape index (κ3) is 2.69. The van der Waals surface area contributed by atoms with E-state index in [4.69, 9.17) is 5.41 Å². The van der Waals surface area contributed by atoms with E-state index < -0.39 is 16.7 Å². The lowest BCUT2D eigenvalue weighted by Gasteiger charge is -2.57. The molecule has 0 amide bonds. The number of nitriles is 3. The molecular weight excluding hydrogens is 348 g/mol. The van der Waals surface area contributed by atoms with Crippen molar-refractivity contribution in [3.05, 3.63) is 11.6 Å². The highest BCUT2D eigenvalue weighted by molar-refractivity contribution is 6.00. The van der Waals surface area contributed by atoms with Crippen molar-refractivity contribution in [2.24, 2.45) is 22.7 Å². The summed E-state index contributed by atoms with van der Waals surface area (Å²) in [5.41, 5.74) is -1.04. The minimum Gasteiger partial charge on any atom is -0.333 e. The summed E-state index contributed by atoms with van der Waals surface area (Å²) in [6.07, 6.45) is 3.67. The minimum atomic E-state index is -1.50. The Kier molecular flexibility index (Phi) is 5.37. The summed E-state index contributed by atoms with van der Waals surface area (Å²) in [7, 11) is 0. The van der Waals surface area contributed by atoms with E-state index in [2.05, 4.69) is 52.0 Å². The monoisotopic (exact) mass is 380 g/mol. The fourth-order valence-electron chi connectivity index (χ4n) is 5.90. The first-order valence-electron chi connectivity index (χ1n) is 10.5. The Morgan fingerprint density at radius 2 is 1.61 bits per heavy atom. The normalized spacial score (nSPS) is 37.0. The van der Waals surface area contributed by atoms with E-state index in [-0.39, 0.29) is 11.6 Å². The number of piperidine rings is 1. The largest absolute Gasteiger partial charge is 0.333 e. The number of nitrogens with zero attached hydrogens (tertiary/aromatic N) is 3. The third-order valence-electron chi connectivity index (χ3n) is 7.79. The van der Waals surface area contributed by atoms with E-state index in [1.807, 2.05) is 0 Å². The van der Waals surface area contributed by atoms with Gasteiger partial charge in [-0.15, -0.1) is 0 Å². The van der Waals surface area contributed by atoms with Gasteiger partial charge in [-0.3, -0.25) is 0 Å². The van der Waals surface area contributed by atoms with Crippen LogP contribution < -0.4 is 9.80 Å². The average molecular weight is 381 g/mol. The fourth-order valence-corrected chi connectivity index (χ4v) is 5.90. The molecule has 0 aromatic carbocycles. The van der Waals surface area contributed by atoms with Crippen molar-refractivity contribution in [2.45, 2.75) is 52.6 Å². The molecule has 0 bridgehead atoms. The van der Waals surface area contributed by atoms with Gasteiger partial charge in [-0.05, 0) is 39.3 Å². The Morgan fingerprint density at radius 3 is 2.07 bits per heavy atom. The van der Waals surface area contributed by atoms with E-state index in [0.29, 0.717) is 12.1 Å². The van der Waals surface area contributed by atoms with Crippen LogP contribution in [0.15, 0.2) is 11.6 Å². The molecule has 2 aliphatic heterocycles. The predicted octanol–water partition coefficient (Wildman–Crippen LogP) is 0.116. The van der Waals surface area contributed by atoms with Crippen LogP contribution in [-0.2, 0) is 0 Å². The van der Waals surface area contributed by atoms with Crippen LogP contribution in [0.2, 0.25) is 0 Å². The van der Waals surface area contributed by atoms with Gasteiger partial charge in [-0.2, -0.15) is 15.8 Å². The first kappa shape index (κ1) is 20.5. The second-order valence-corrected chi connectivity index (χ2v) is 9.40. The number of quaternary nitrogens is 2. The van der Waals surface area contributed by atoms with Crippen molar-refractivity contribution >= 4 is 5.71 Å². The van der Waals surface area contributed by atoms with Crippen LogP contribution in [-0.4, -0.2) is 44.0 Å². The van der Waals surface area contributed by atoms with Gasteiger partial charge in [-0.25, -0.2) is 0 Å². The summed E-state index contributed by atoms with van der Waals surface area (Å²) in [5.74, 6) is -0.718. The highest BCUT2D eigenvalue weighted by atomic mass is 15.2. The molecule has 6 nitrogen and oxygen atoms in total. The zero-order valence-electron chi connectivity index (χ0n) is 17.5. The van der Waals surface area contributed by atoms with Crippen LogP contribution >= 0.6 is 0 Å². The number of hydrogen-bond donors (Lipinski definition) is 3. The molecule has 3 atom stereocenters. The molecule has 148 valence electrons. The molecule has 1 saturated carbocycles. The molecule has 0 aromatic heterocycles. The summed E-state index contributed by atoms with van der Waals surface area (Å²) >= 11 is 0. The van der Waals surface area contributed by atoms with Crippen LogP contribution in [0.1, 0.15) is 40.5 Å². The number of rotatable bonds is 2. The molecule has 1 spiro atoms. The maximum absolute atomic E-state index is 10.2. The lowest BCUT2D eigenvalue weighted by atomic mass is 9.44. The Morgan fingerprint density at radius 1 is 1.04 bits per heavy atom. The zero-order valence-corrected chi connectivity index (χ0v) is 17.5. The zero-order chi connectivity index (χ0) is 20.7. The van der Waals surface area contributed by atoms with Crippen LogP contribution in [0.4, 0.5) is 0 Å². The Balaban J connectivity index is 2.16. The van der Waals surface area contributed by atoms with Gasteiger partial charge in [0, 0.05) is 24.2 Å². The van der Waals surface area contributed by atoms with Crippen LogP contribution in [0.25, 0.3) is 0 Å². The Bertz CT molecular complexity index is 780. The molecule has 1 unspecified atom stereocenters. The van der Waals surface area contributed by atoms with Crippen molar-refractivity contribution in [1.29, 1.82) is 21.2 Å². The van der Waals surface area contributed by atoms with Gasteiger partial charge in [0.25, 0.3) is 0 Å². The number of fused-ring (bicyclic) bond motifs is 2. The van der Waals surface area contributed by atoms with E-state index in [0.717, 1.165) is 44.6 Å². The molecule has 1 saturated heterocycles. The van der Waals surface area contributed by atoms with Crippen molar-refractivity contribution in [3.63, 3.8) is 0 Å². The SMILES string of the molecule is CC(C)[NH+]1CCC2(CC1)[C@H]1C[NH+](C(C)C)CC=C1[C@H](C#N)C(=N)C2(C#N)C#N. The van der Waals surface area contributed by atoms with Gasteiger partial charge in [0.15, 0.2) is 5.41 Å². The van der Waals surface area contributed by atoms with Gasteiger partial charge in [0.05, 0.1) is 62.2 Å². The van der Waals surface area contributed by atoms with E-state index in [1.54, 1.807) is 0 Å². The second-order valence-electron chi connectivity index (χ2n) is 9.40. The maximum Gasteiger partial charge on any atom is 0.189 e. The predicted molar refractivity (Wildman–Crippen MR) is 105 cm³/mol. The van der Waals surface area contributed by atoms with E-state index >= 15 is 0 Å². The fraction of sp³-hybridized carbons (Fsp3) is 0.727. The molecule has 1 aliphatic carbocycles. The first-order chi connectivity index (χ1) is 13.3. The molecule has 0 radical (unpaired) electrons.